The largest absolute Gasteiger partial charge is 0.358 e. The molecule has 0 aliphatic heterocycles. The maximum atomic E-state index is 14.2. The number of halogens is 3. The van der Waals surface area contributed by atoms with Crippen molar-refractivity contribution in [2.75, 3.05) is 5.32 Å². The predicted octanol–water partition coefficient (Wildman–Crippen LogP) is 4.46. The number of carbonyl (C=O) groups is 1. The van der Waals surface area contributed by atoms with E-state index < -0.39 is 17.5 Å². The number of H-pyrrole nitrogens is 1. The summed E-state index contributed by atoms with van der Waals surface area (Å²) in [6.07, 6.45) is 4.50. The highest BCUT2D eigenvalue weighted by Crippen LogP contribution is 2.29. The van der Waals surface area contributed by atoms with Crippen LogP contribution in [0.2, 0.25) is 5.15 Å². The van der Waals surface area contributed by atoms with Gasteiger partial charge in [0.15, 0.2) is 5.65 Å². The highest BCUT2D eigenvalue weighted by atomic mass is 35.5. The van der Waals surface area contributed by atoms with Crippen molar-refractivity contribution in [2.45, 2.75) is 0 Å². The molecule has 1 amide bonds. The van der Waals surface area contributed by atoms with Crippen molar-refractivity contribution in [3.05, 3.63) is 77.3 Å². The standard InChI is InChI=1S/C20H11ClF2N6O/c21-16-6-7-29-19(28-16)10(8-25-29)20(30)27-15-9-24-14-5-4-13(26-18(14)15)17-11(22)2-1-3-12(17)23/h1-9,24H,(H,27,30). The Kier molecular flexibility index (Phi) is 4.18. The first kappa shape index (κ1) is 18.2. The molecule has 4 heterocycles. The molecule has 0 aliphatic carbocycles. The van der Waals surface area contributed by atoms with Crippen LogP contribution < -0.4 is 5.32 Å². The molecular formula is C20H11ClF2N6O. The number of benzene rings is 1. The van der Waals surface area contributed by atoms with Gasteiger partial charge in [0.2, 0.25) is 0 Å². The number of carbonyl (C=O) groups excluding carboxylic acids is 1. The molecule has 0 bridgehead atoms. The number of aromatic amines is 1. The van der Waals surface area contributed by atoms with Crippen LogP contribution in [-0.2, 0) is 0 Å². The number of aromatic nitrogens is 5. The quantitative estimate of drug-likeness (QED) is 0.419. The third-order valence-corrected chi connectivity index (χ3v) is 4.78. The number of hydrogen-bond acceptors (Lipinski definition) is 4. The van der Waals surface area contributed by atoms with E-state index in [0.29, 0.717) is 22.4 Å². The van der Waals surface area contributed by atoms with Gasteiger partial charge in [-0.25, -0.2) is 23.3 Å². The summed E-state index contributed by atoms with van der Waals surface area (Å²) in [6, 6.07) is 8.29. The number of nitrogens with zero attached hydrogens (tertiary/aromatic N) is 4. The molecule has 0 unspecified atom stereocenters. The third-order valence-electron chi connectivity index (χ3n) is 4.57. The molecule has 0 radical (unpaired) electrons. The molecule has 5 aromatic rings. The summed E-state index contributed by atoms with van der Waals surface area (Å²) in [5.74, 6) is -1.93. The van der Waals surface area contributed by atoms with E-state index in [4.69, 9.17) is 11.6 Å². The molecule has 148 valence electrons. The minimum atomic E-state index is -0.725. The van der Waals surface area contributed by atoms with Crippen molar-refractivity contribution in [3.63, 3.8) is 0 Å². The molecule has 10 heteroatoms. The number of amides is 1. The maximum absolute atomic E-state index is 14.2. The number of nitrogens with one attached hydrogen (secondary N) is 2. The van der Waals surface area contributed by atoms with Crippen LogP contribution in [0.5, 0.6) is 0 Å². The Labute approximate surface area is 172 Å². The fraction of sp³-hybridized carbons (Fsp3) is 0. The van der Waals surface area contributed by atoms with E-state index in [0.717, 1.165) is 12.1 Å². The SMILES string of the molecule is O=C(Nc1c[nH]c2ccc(-c3c(F)cccc3F)nc12)c1cnn2ccc(Cl)nc12. The highest BCUT2D eigenvalue weighted by molar-refractivity contribution is 6.29. The average Bonchev–Trinajstić information content (AvgIpc) is 3.31. The van der Waals surface area contributed by atoms with Crippen LogP contribution in [0.1, 0.15) is 10.4 Å². The van der Waals surface area contributed by atoms with E-state index in [1.807, 2.05) is 0 Å². The first-order chi connectivity index (χ1) is 14.5. The molecule has 30 heavy (non-hydrogen) atoms. The lowest BCUT2D eigenvalue weighted by molar-refractivity contribution is 0.102. The van der Waals surface area contributed by atoms with E-state index in [-0.39, 0.29) is 22.0 Å². The zero-order chi connectivity index (χ0) is 20.8. The predicted molar refractivity (Wildman–Crippen MR) is 107 cm³/mol. The minimum Gasteiger partial charge on any atom is -0.358 e. The lowest BCUT2D eigenvalue weighted by atomic mass is 10.1. The molecule has 4 aromatic heterocycles. The van der Waals surface area contributed by atoms with Crippen LogP contribution in [-0.4, -0.2) is 30.5 Å². The van der Waals surface area contributed by atoms with Crippen molar-refractivity contribution >= 4 is 39.9 Å². The van der Waals surface area contributed by atoms with E-state index in [1.165, 1.54) is 22.8 Å². The van der Waals surface area contributed by atoms with Gasteiger partial charge in [-0.05, 0) is 30.3 Å². The third kappa shape index (κ3) is 2.96. The Hall–Kier alpha value is -3.85. The van der Waals surface area contributed by atoms with Gasteiger partial charge in [0.05, 0.1) is 28.7 Å². The molecule has 0 fully saturated rings. The van der Waals surface area contributed by atoms with Gasteiger partial charge in [-0.3, -0.25) is 4.79 Å². The van der Waals surface area contributed by atoms with Gasteiger partial charge in [-0.15, -0.1) is 0 Å². The first-order valence-corrected chi connectivity index (χ1v) is 9.13. The monoisotopic (exact) mass is 424 g/mol. The van der Waals surface area contributed by atoms with Crippen LogP contribution in [0.4, 0.5) is 14.5 Å². The second kappa shape index (κ2) is 6.89. The molecule has 0 aliphatic rings. The topological polar surface area (TPSA) is 88.0 Å². The lowest BCUT2D eigenvalue weighted by Gasteiger charge is -2.06. The normalized spacial score (nSPS) is 11.3. The summed E-state index contributed by atoms with van der Waals surface area (Å²) in [6.45, 7) is 0. The van der Waals surface area contributed by atoms with Crippen LogP contribution in [0.25, 0.3) is 27.9 Å². The van der Waals surface area contributed by atoms with Crippen molar-refractivity contribution in [1.29, 1.82) is 0 Å². The zero-order valence-electron chi connectivity index (χ0n) is 15.0. The molecule has 1 aromatic carbocycles. The van der Waals surface area contributed by atoms with Crippen LogP contribution in [0.15, 0.2) is 55.0 Å². The summed E-state index contributed by atoms with van der Waals surface area (Å²) in [7, 11) is 0. The minimum absolute atomic E-state index is 0.109. The summed E-state index contributed by atoms with van der Waals surface area (Å²) >= 11 is 5.91. The molecule has 5 rings (SSSR count). The summed E-state index contributed by atoms with van der Waals surface area (Å²) in [5.41, 5.74) is 1.66. The second-order valence-corrected chi connectivity index (χ2v) is 6.81. The van der Waals surface area contributed by atoms with E-state index in [2.05, 4.69) is 25.4 Å². The van der Waals surface area contributed by atoms with Crippen molar-refractivity contribution in [3.8, 4) is 11.3 Å². The van der Waals surface area contributed by atoms with Gasteiger partial charge in [-0.1, -0.05) is 17.7 Å². The van der Waals surface area contributed by atoms with Crippen molar-refractivity contribution < 1.29 is 13.6 Å². The van der Waals surface area contributed by atoms with Crippen LogP contribution in [0.3, 0.4) is 0 Å². The Morgan fingerprint density at radius 2 is 1.90 bits per heavy atom. The lowest BCUT2D eigenvalue weighted by Crippen LogP contribution is -2.12. The molecule has 7 nitrogen and oxygen atoms in total. The first-order valence-electron chi connectivity index (χ1n) is 8.75. The summed E-state index contributed by atoms with van der Waals surface area (Å²) in [4.78, 5) is 24.2. The fourth-order valence-corrected chi connectivity index (χ4v) is 3.31. The van der Waals surface area contributed by atoms with Gasteiger partial charge in [-0.2, -0.15) is 5.10 Å². The number of hydrogen-bond donors (Lipinski definition) is 2. The molecule has 2 N–H and O–H groups in total. The van der Waals surface area contributed by atoms with Gasteiger partial charge in [0.25, 0.3) is 5.91 Å². The molecule has 0 atom stereocenters. The van der Waals surface area contributed by atoms with E-state index in [1.54, 1.807) is 24.5 Å². The smallest absolute Gasteiger partial charge is 0.261 e. The Morgan fingerprint density at radius 1 is 1.10 bits per heavy atom. The van der Waals surface area contributed by atoms with Crippen molar-refractivity contribution in [2.24, 2.45) is 0 Å². The van der Waals surface area contributed by atoms with Crippen LogP contribution in [0, 0.1) is 11.6 Å². The van der Waals surface area contributed by atoms with Crippen molar-refractivity contribution in [1.82, 2.24) is 24.6 Å². The Bertz CT molecular complexity index is 1420. The van der Waals surface area contributed by atoms with Gasteiger partial charge < -0.3 is 10.3 Å². The summed E-state index contributed by atoms with van der Waals surface area (Å²) < 4.78 is 29.7. The van der Waals surface area contributed by atoms with Gasteiger partial charge >= 0.3 is 0 Å². The molecular weight excluding hydrogens is 414 g/mol. The molecule has 0 saturated carbocycles. The van der Waals surface area contributed by atoms with Gasteiger partial charge in [0, 0.05) is 12.4 Å². The molecule has 0 spiro atoms. The number of rotatable bonds is 3. The van der Waals surface area contributed by atoms with E-state index >= 15 is 0 Å². The van der Waals surface area contributed by atoms with Gasteiger partial charge in [0.1, 0.15) is 27.9 Å². The summed E-state index contributed by atoms with van der Waals surface area (Å²) in [5, 5.41) is 7.03. The maximum Gasteiger partial charge on any atom is 0.261 e. The van der Waals surface area contributed by atoms with E-state index in [9.17, 15) is 13.6 Å². The average molecular weight is 425 g/mol. The number of pyridine rings is 1. The Morgan fingerprint density at radius 3 is 2.70 bits per heavy atom. The molecule has 0 saturated heterocycles. The Balaban J connectivity index is 1.55. The fourth-order valence-electron chi connectivity index (χ4n) is 3.17. The zero-order valence-corrected chi connectivity index (χ0v) is 15.8. The highest BCUT2D eigenvalue weighted by Gasteiger charge is 2.18. The number of anilines is 1. The second-order valence-electron chi connectivity index (χ2n) is 6.42. The number of fused-ring (bicyclic) bond motifs is 2. The van der Waals surface area contributed by atoms with Crippen LogP contribution >= 0.6 is 11.6 Å².